The third-order valence-corrected chi connectivity index (χ3v) is 9.10. The largest absolute Gasteiger partial charge is 0.573 e. The van der Waals surface area contributed by atoms with Gasteiger partial charge in [0.2, 0.25) is 15.9 Å². The number of amides is 1. The molecule has 2 saturated carbocycles. The van der Waals surface area contributed by atoms with E-state index in [0.717, 1.165) is 36.3 Å². The fraction of sp³-hybridized carbons (Fsp3) is 0.682. The number of halogens is 3. The van der Waals surface area contributed by atoms with Crippen LogP contribution in [0.1, 0.15) is 44.9 Å². The average Bonchev–Trinajstić information content (AvgIpc) is 3.36. The van der Waals surface area contributed by atoms with Crippen molar-refractivity contribution < 1.29 is 31.1 Å². The number of alkyl halides is 3. The van der Waals surface area contributed by atoms with Gasteiger partial charge in [-0.25, -0.2) is 8.42 Å². The molecule has 3 fully saturated rings. The molecule has 1 heterocycles. The molecular formula is C22H29F3N2O4S. The van der Waals surface area contributed by atoms with Crippen LogP contribution in [-0.4, -0.2) is 44.6 Å². The predicted molar refractivity (Wildman–Crippen MR) is 111 cm³/mol. The topological polar surface area (TPSA) is 75.7 Å². The van der Waals surface area contributed by atoms with Gasteiger partial charge in [0.05, 0.1) is 4.90 Å². The van der Waals surface area contributed by atoms with Crippen molar-refractivity contribution in [2.45, 2.75) is 56.2 Å². The standard InChI is InChI=1S/C22H29F3N2O4S/c23-22(24,25)31-19-2-1-3-20(14-19)32(29,30)27-10-7-16(8-11-27)21(28)26-9-6-18-13-15-4-5-17(18)12-15/h1-3,14-18H,4-13H2,(H,26,28). The van der Waals surface area contributed by atoms with E-state index in [9.17, 15) is 26.4 Å². The van der Waals surface area contributed by atoms with E-state index in [1.54, 1.807) is 0 Å². The maximum atomic E-state index is 12.9. The first-order chi connectivity index (χ1) is 15.1. The van der Waals surface area contributed by atoms with Gasteiger partial charge in [-0.3, -0.25) is 4.79 Å². The van der Waals surface area contributed by atoms with Crippen molar-refractivity contribution in [2.75, 3.05) is 19.6 Å². The Hall–Kier alpha value is -1.81. The molecule has 1 amide bonds. The van der Waals surface area contributed by atoms with E-state index in [1.165, 1.54) is 42.1 Å². The fourth-order valence-corrected chi connectivity index (χ4v) is 7.10. The summed E-state index contributed by atoms with van der Waals surface area (Å²) in [5.41, 5.74) is 0. The van der Waals surface area contributed by atoms with Crippen molar-refractivity contribution in [2.24, 2.45) is 23.7 Å². The number of hydrogen-bond acceptors (Lipinski definition) is 4. The molecule has 0 radical (unpaired) electrons. The lowest BCUT2D eigenvalue weighted by molar-refractivity contribution is -0.274. The van der Waals surface area contributed by atoms with Crippen LogP contribution in [-0.2, 0) is 14.8 Å². The van der Waals surface area contributed by atoms with Crippen molar-refractivity contribution in [3.8, 4) is 5.75 Å². The van der Waals surface area contributed by atoms with Crippen LogP contribution in [0.3, 0.4) is 0 Å². The molecule has 2 bridgehead atoms. The highest BCUT2D eigenvalue weighted by atomic mass is 32.2. The molecule has 10 heteroatoms. The van der Waals surface area contributed by atoms with E-state index in [1.807, 2.05) is 0 Å². The molecule has 2 aliphatic carbocycles. The Morgan fingerprint density at radius 2 is 1.88 bits per heavy atom. The molecule has 1 aromatic rings. The first kappa shape index (κ1) is 23.4. The van der Waals surface area contributed by atoms with Crippen molar-refractivity contribution in [1.82, 2.24) is 9.62 Å². The first-order valence-corrected chi connectivity index (χ1v) is 12.7. The highest BCUT2D eigenvalue weighted by molar-refractivity contribution is 7.89. The van der Waals surface area contributed by atoms with E-state index in [2.05, 4.69) is 10.1 Å². The maximum absolute atomic E-state index is 12.9. The maximum Gasteiger partial charge on any atom is 0.573 e. The molecule has 0 spiro atoms. The molecule has 1 saturated heterocycles. The SMILES string of the molecule is O=C(NCCC1CC2CCC1C2)C1CCN(S(=O)(=O)c2cccc(OC(F)(F)F)c2)CC1. The summed E-state index contributed by atoms with van der Waals surface area (Å²) in [6, 6.07) is 4.38. The van der Waals surface area contributed by atoms with Crippen LogP contribution >= 0.6 is 0 Å². The Kier molecular flexibility index (Phi) is 6.72. The van der Waals surface area contributed by atoms with E-state index in [-0.39, 0.29) is 29.8 Å². The van der Waals surface area contributed by atoms with Crippen LogP contribution in [0.15, 0.2) is 29.2 Å². The number of benzene rings is 1. The van der Waals surface area contributed by atoms with E-state index in [4.69, 9.17) is 0 Å². The van der Waals surface area contributed by atoms with Gasteiger partial charge in [-0.1, -0.05) is 12.5 Å². The van der Waals surface area contributed by atoms with Crippen LogP contribution in [0, 0.1) is 23.7 Å². The highest BCUT2D eigenvalue weighted by Crippen LogP contribution is 2.49. The molecule has 1 N–H and O–H groups in total. The second-order valence-corrected chi connectivity index (χ2v) is 11.2. The number of nitrogens with zero attached hydrogens (tertiary/aromatic N) is 1. The Bertz CT molecular complexity index is 929. The molecule has 3 aliphatic rings. The Labute approximate surface area is 186 Å². The normalized spacial score (nSPS) is 26.9. The Morgan fingerprint density at radius 1 is 1.12 bits per heavy atom. The molecule has 178 valence electrons. The number of hydrogen-bond donors (Lipinski definition) is 1. The van der Waals surface area contributed by atoms with Crippen LogP contribution in [0.5, 0.6) is 5.75 Å². The number of sulfonamides is 1. The zero-order chi connectivity index (χ0) is 22.9. The van der Waals surface area contributed by atoms with Crippen LogP contribution < -0.4 is 10.1 Å². The molecule has 1 aliphatic heterocycles. The Morgan fingerprint density at radius 3 is 2.50 bits per heavy atom. The van der Waals surface area contributed by atoms with E-state index >= 15 is 0 Å². The van der Waals surface area contributed by atoms with Gasteiger partial charge in [0, 0.05) is 31.6 Å². The third kappa shape index (κ3) is 5.39. The minimum absolute atomic E-state index is 0.0363. The zero-order valence-corrected chi connectivity index (χ0v) is 18.6. The van der Waals surface area contributed by atoms with Gasteiger partial charge in [-0.15, -0.1) is 13.2 Å². The summed E-state index contributed by atoms with van der Waals surface area (Å²) in [7, 11) is -3.97. The number of fused-ring (bicyclic) bond motifs is 2. The van der Waals surface area contributed by atoms with E-state index < -0.39 is 22.1 Å². The Balaban J connectivity index is 1.26. The van der Waals surface area contributed by atoms with Gasteiger partial charge in [0.15, 0.2) is 0 Å². The smallest absolute Gasteiger partial charge is 0.406 e. The summed E-state index contributed by atoms with van der Waals surface area (Å²) < 4.78 is 68.1. The lowest BCUT2D eigenvalue weighted by Gasteiger charge is -2.31. The summed E-state index contributed by atoms with van der Waals surface area (Å²) in [5, 5.41) is 3.02. The minimum atomic E-state index is -4.90. The van der Waals surface area contributed by atoms with Crippen LogP contribution in [0.2, 0.25) is 0 Å². The van der Waals surface area contributed by atoms with Crippen molar-refractivity contribution in [1.29, 1.82) is 0 Å². The number of rotatable bonds is 7. The summed E-state index contributed by atoms with van der Waals surface area (Å²) >= 11 is 0. The molecule has 4 rings (SSSR count). The monoisotopic (exact) mass is 474 g/mol. The van der Waals surface area contributed by atoms with Gasteiger partial charge >= 0.3 is 6.36 Å². The van der Waals surface area contributed by atoms with E-state index in [0.29, 0.717) is 19.4 Å². The zero-order valence-electron chi connectivity index (χ0n) is 17.8. The highest BCUT2D eigenvalue weighted by Gasteiger charge is 2.39. The van der Waals surface area contributed by atoms with Gasteiger partial charge in [-0.05, 0) is 68.4 Å². The fourth-order valence-electron chi connectivity index (χ4n) is 5.59. The van der Waals surface area contributed by atoms with Gasteiger partial charge in [0.1, 0.15) is 5.75 Å². The molecule has 6 nitrogen and oxygen atoms in total. The van der Waals surface area contributed by atoms with Crippen molar-refractivity contribution in [3.05, 3.63) is 24.3 Å². The first-order valence-electron chi connectivity index (χ1n) is 11.3. The number of carbonyl (C=O) groups is 1. The summed E-state index contributed by atoms with van der Waals surface area (Å²) in [4.78, 5) is 12.3. The molecule has 3 atom stereocenters. The van der Waals surface area contributed by atoms with Crippen LogP contribution in [0.25, 0.3) is 0 Å². The second kappa shape index (κ2) is 9.21. The molecular weight excluding hydrogens is 445 g/mol. The summed E-state index contributed by atoms with van der Waals surface area (Å²) in [6.07, 6.45) is 2.19. The summed E-state index contributed by atoms with van der Waals surface area (Å²) in [6.45, 7) is 0.964. The van der Waals surface area contributed by atoms with Crippen LogP contribution in [0.4, 0.5) is 13.2 Å². The predicted octanol–water partition coefficient (Wildman–Crippen LogP) is 3.93. The average molecular weight is 475 g/mol. The lowest BCUT2D eigenvalue weighted by atomic mass is 9.86. The van der Waals surface area contributed by atoms with Crippen molar-refractivity contribution in [3.63, 3.8) is 0 Å². The molecule has 32 heavy (non-hydrogen) atoms. The van der Waals surface area contributed by atoms with Gasteiger partial charge in [0.25, 0.3) is 0 Å². The molecule has 3 unspecified atom stereocenters. The summed E-state index contributed by atoms with van der Waals surface area (Å²) in [5.74, 6) is 1.56. The second-order valence-electron chi connectivity index (χ2n) is 9.22. The number of piperidine rings is 1. The van der Waals surface area contributed by atoms with Gasteiger partial charge < -0.3 is 10.1 Å². The number of carbonyl (C=O) groups excluding carboxylic acids is 1. The lowest BCUT2D eigenvalue weighted by Crippen LogP contribution is -2.43. The molecule has 1 aromatic carbocycles. The number of nitrogens with one attached hydrogen (secondary N) is 1. The van der Waals surface area contributed by atoms with Gasteiger partial charge in [-0.2, -0.15) is 4.31 Å². The minimum Gasteiger partial charge on any atom is -0.406 e. The van der Waals surface area contributed by atoms with Crippen molar-refractivity contribution >= 4 is 15.9 Å². The quantitative estimate of drug-likeness (QED) is 0.650. The molecule has 0 aromatic heterocycles. The third-order valence-electron chi connectivity index (χ3n) is 7.20. The number of ether oxygens (including phenoxy) is 1.